The van der Waals surface area contributed by atoms with Crippen LogP contribution < -0.4 is 10.6 Å². The predicted molar refractivity (Wildman–Crippen MR) is 103 cm³/mol. The highest BCUT2D eigenvalue weighted by Crippen LogP contribution is 2.33. The van der Waals surface area contributed by atoms with E-state index in [0.717, 1.165) is 12.8 Å². The molecule has 0 radical (unpaired) electrons. The standard InChI is InChI=1S/C20H38N2O4/c1-13(2)16-9-8-14(3)10-17(16)22-18(23)11-15(25-7)12-21-19(24)26-20(4,5)6/h13-17H,8-12H2,1-7H3,(H,21,24)(H,22,23)/t14-,15+,16+,17-/m1/s1. The molecule has 6 heteroatoms. The average molecular weight is 371 g/mol. The zero-order chi connectivity index (χ0) is 19.9. The van der Waals surface area contributed by atoms with Crippen molar-refractivity contribution in [3.63, 3.8) is 0 Å². The second-order valence-electron chi connectivity index (χ2n) is 8.94. The van der Waals surface area contributed by atoms with Crippen LogP contribution in [0.2, 0.25) is 0 Å². The number of hydrogen-bond acceptors (Lipinski definition) is 4. The van der Waals surface area contributed by atoms with Gasteiger partial charge in [-0.15, -0.1) is 0 Å². The Morgan fingerprint density at radius 2 is 1.85 bits per heavy atom. The quantitative estimate of drug-likeness (QED) is 0.719. The Labute approximate surface area is 158 Å². The Balaban J connectivity index is 2.48. The van der Waals surface area contributed by atoms with Crippen molar-refractivity contribution in [1.29, 1.82) is 0 Å². The third-order valence-corrected chi connectivity index (χ3v) is 4.99. The summed E-state index contributed by atoms with van der Waals surface area (Å²) in [4.78, 5) is 24.2. The Kier molecular flexibility index (Phi) is 8.87. The lowest BCUT2D eigenvalue weighted by atomic mass is 9.74. The normalized spacial score (nSPS) is 24.8. The summed E-state index contributed by atoms with van der Waals surface area (Å²) >= 11 is 0. The van der Waals surface area contributed by atoms with Crippen LogP contribution in [0, 0.1) is 17.8 Å². The summed E-state index contributed by atoms with van der Waals surface area (Å²) in [7, 11) is 1.55. The molecule has 0 unspecified atom stereocenters. The van der Waals surface area contributed by atoms with Gasteiger partial charge in [-0.05, 0) is 51.4 Å². The van der Waals surface area contributed by atoms with Gasteiger partial charge in [-0.1, -0.05) is 27.2 Å². The van der Waals surface area contributed by atoms with E-state index >= 15 is 0 Å². The topological polar surface area (TPSA) is 76.7 Å². The minimum Gasteiger partial charge on any atom is -0.444 e. The second kappa shape index (κ2) is 10.1. The smallest absolute Gasteiger partial charge is 0.407 e. The molecule has 1 saturated carbocycles. The Morgan fingerprint density at radius 3 is 2.38 bits per heavy atom. The summed E-state index contributed by atoms with van der Waals surface area (Å²) in [6, 6.07) is 0.225. The molecule has 0 aromatic heterocycles. The highest BCUT2D eigenvalue weighted by atomic mass is 16.6. The van der Waals surface area contributed by atoms with Crippen LogP contribution in [0.5, 0.6) is 0 Å². The number of carbonyl (C=O) groups excluding carboxylic acids is 2. The van der Waals surface area contributed by atoms with Gasteiger partial charge in [-0.2, -0.15) is 0 Å². The van der Waals surface area contributed by atoms with Crippen LogP contribution in [-0.2, 0) is 14.3 Å². The SMILES string of the molecule is CO[C@H](CNC(=O)OC(C)(C)C)CC(=O)N[C@@H]1C[C@H](C)CC[C@H]1C(C)C. The summed E-state index contributed by atoms with van der Waals surface area (Å²) in [5.74, 6) is 1.70. The molecule has 0 aromatic carbocycles. The lowest BCUT2D eigenvalue weighted by Gasteiger charge is -2.38. The van der Waals surface area contributed by atoms with Gasteiger partial charge in [-0.25, -0.2) is 4.79 Å². The van der Waals surface area contributed by atoms with Crippen LogP contribution in [0.25, 0.3) is 0 Å². The second-order valence-corrected chi connectivity index (χ2v) is 8.94. The third kappa shape index (κ3) is 8.39. The molecule has 152 valence electrons. The number of hydrogen-bond donors (Lipinski definition) is 2. The fourth-order valence-corrected chi connectivity index (χ4v) is 3.59. The summed E-state index contributed by atoms with van der Waals surface area (Å²) in [5, 5.41) is 5.88. The molecular weight excluding hydrogens is 332 g/mol. The molecule has 2 amide bonds. The van der Waals surface area contributed by atoms with Gasteiger partial charge in [-0.3, -0.25) is 4.79 Å². The van der Waals surface area contributed by atoms with Gasteiger partial charge in [0.05, 0.1) is 12.5 Å². The molecule has 0 bridgehead atoms. The molecule has 2 N–H and O–H groups in total. The molecule has 26 heavy (non-hydrogen) atoms. The summed E-state index contributed by atoms with van der Waals surface area (Å²) < 4.78 is 10.6. The Morgan fingerprint density at radius 1 is 1.19 bits per heavy atom. The molecule has 1 fully saturated rings. The highest BCUT2D eigenvalue weighted by molar-refractivity contribution is 5.77. The predicted octanol–water partition coefficient (Wildman–Crippen LogP) is 3.49. The van der Waals surface area contributed by atoms with E-state index < -0.39 is 11.7 Å². The molecule has 0 spiro atoms. The van der Waals surface area contributed by atoms with Crippen molar-refractivity contribution in [2.45, 2.75) is 85.0 Å². The lowest BCUT2D eigenvalue weighted by molar-refractivity contribution is -0.125. The first-order valence-electron chi connectivity index (χ1n) is 9.80. The van der Waals surface area contributed by atoms with E-state index in [4.69, 9.17) is 9.47 Å². The third-order valence-electron chi connectivity index (χ3n) is 4.99. The minimum absolute atomic E-state index is 0.0208. The maximum Gasteiger partial charge on any atom is 0.407 e. The number of nitrogens with one attached hydrogen (secondary N) is 2. The Bertz CT molecular complexity index is 459. The van der Waals surface area contributed by atoms with E-state index in [2.05, 4.69) is 31.4 Å². The van der Waals surface area contributed by atoms with Gasteiger partial charge < -0.3 is 20.1 Å². The highest BCUT2D eigenvalue weighted by Gasteiger charge is 2.32. The van der Waals surface area contributed by atoms with Crippen molar-refractivity contribution in [3.05, 3.63) is 0 Å². The number of alkyl carbamates (subject to hydrolysis) is 1. The van der Waals surface area contributed by atoms with Crippen LogP contribution in [0.15, 0.2) is 0 Å². The van der Waals surface area contributed by atoms with Crippen LogP contribution >= 0.6 is 0 Å². The fourth-order valence-electron chi connectivity index (χ4n) is 3.59. The summed E-state index contributed by atoms with van der Waals surface area (Å²) in [6.07, 6.45) is 2.78. The van der Waals surface area contributed by atoms with E-state index in [1.807, 2.05) is 20.8 Å². The van der Waals surface area contributed by atoms with Gasteiger partial charge in [0.15, 0.2) is 0 Å². The van der Waals surface area contributed by atoms with Crippen molar-refractivity contribution in [2.75, 3.05) is 13.7 Å². The molecule has 0 aliphatic heterocycles. The number of methoxy groups -OCH3 is 1. The van der Waals surface area contributed by atoms with E-state index in [1.54, 1.807) is 7.11 Å². The first kappa shape index (κ1) is 22.7. The molecule has 6 nitrogen and oxygen atoms in total. The van der Waals surface area contributed by atoms with Crippen molar-refractivity contribution in [3.8, 4) is 0 Å². The number of amides is 2. The minimum atomic E-state index is -0.548. The van der Waals surface area contributed by atoms with Gasteiger partial charge in [0, 0.05) is 19.7 Å². The summed E-state index contributed by atoms with van der Waals surface area (Å²) in [6.45, 7) is 12.4. The zero-order valence-corrected chi connectivity index (χ0v) is 17.6. The van der Waals surface area contributed by atoms with E-state index in [1.165, 1.54) is 6.42 Å². The van der Waals surface area contributed by atoms with Crippen molar-refractivity contribution in [2.24, 2.45) is 17.8 Å². The molecule has 0 aromatic rings. The van der Waals surface area contributed by atoms with Crippen LogP contribution in [0.3, 0.4) is 0 Å². The molecule has 0 heterocycles. The first-order valence-corrected chi connectivity index (χ1v) is 9.80. The van der Waals surface area contributed by atoms with Gasteiger partial charge in [0.2, 0.25) is 5.91 Å². The number of ether oxygens (including phenoxy) is 2. The van der Waals surface area contributed by atoms with Crippen LogP contribution in [0.4, 0.5) is 4.79 Å². The monoisotopic (exact) mass is 370 g/mol. The molecule has 4 atom stereocenters. The molecule has 1 aliphatic rings. The largest absolute Gasteiger partial charge is 0.444 e. The average Bonchev–Trinajstić information content (AvgIpc) is 2.49. The van der Waals surface area contributed by atoms with E-state index in [0.29, 0.717) is 17.8 Å². The lowest BCUT2D eigenvalue weighted by Crippen LogP contribution is -2.47. The zero-order valence-electron chi connectivity index (χ0n) is 17.6. The molecule has 1 aliphatic carbocycles. The fraction of sp³-hybridized carbons (Fsp3) is 0.900. The van der Waals surface area contributed by atoms with Crippen LogP contribution in [-0.4, -0.2) is 43.4 Å². The molecule has 0 saturated heterocycles. The van der Waals surface area contributed by atoms with Crippen molar-refractivity contribution in [1.82, 2.24) is 10.6 Å². The maximum absolute atomic E-state index is 12.5. The summed E-state index contributed by atoms with van der Waals surface area (Å²) in [5.41, 5.74) is -0.548. The van der Waals surface area contributed by atoms with E-state index in [-0.39, 0.29) is 31.0 Å². The van der Waals surface area contributed by atoms with Crippen molar-refractivity contribution < 1.29 is 19.1 Å². The van der Waals surface area contributed by atoms with Crippen molar-refractivity contribution >= 4 is 12.0 Å². The maximum atomic E-state index is 12.5. The van der Waals surface area contributed by atoms with Gasteiger partial charge >= 0.3 is 6.09 Å². The number of carbonyl (C=O) groups is 2. The van der Waals surface area contributed by atoms with Gasteiger partial charge in [0.1, 0.15) is 5.60 Å². The number of rotatable bonds is 7. The molecule has 1 rings (SSSR count). The molecular formula is C20H38N2O4. The Hall–Kier alpha value is -1.30. The van der Waals surface area contributed by atoms with E-state index in [9.17, 15) is 9.59 Å². The van der Waals surface area contributed by atoms with Gasteiger partial charge in [0.25, 0.3) is 0 Å². The first-order chi connectivity index (χ1) is 12.0. The van der Waals surface area contributed by atoms with Crippen LogP contribution in [0.1, 0.15) is 67.2 Å².